The standard InChI is InChI=1S/C18H21ClN4O3/c1-25-15-6-2-13(3-7-15)22-17(24)23-14-4-8-16(9-5-14)26-18-20-10-12(19)11-21-18/h2-3,6-7,10-11,14,16H,4-5,8-9H2,1H3,(H2,22,23,24). The normalized spacial score (nSPS) is 19.5. The van der Waals surface area contributed by atoms with Gasteiger partial charge in [0.1, 0.15) is 11.9 Å². The molecule has 1 heterocycles. The molecule has 2 amide bonds. The molecule has 2 aromatic rings. The molecule has 0 saturated heterocycles. The summed E-state index contributed by atoms with van der Waals surface area (Å²) in [5, 5.41) is 6.31. The highest BCUT2D eigenvalue weighted by atomic mass is 35.5. The molecule has 0 unspecified atom stereocenters. The topological polar surface area (TPSA) is 85.4 Å². The first-order valence-corrected chi connectivity index (χ1v) is 8.86. The minimum absolute atomic E-state index is 0.0545. The van der Waals surface area contributed by atoms with Crippen molar-refractivity contribution >= 4 is 23.3 Å². The fourth-order valence-electron chi connectivity index (χ4n) is 2.86. The Kier molecular flexibility index (Phi) is 6.12. The molecule has 0 aliphatic heterocycles. The summed E-state index contributed by atoms with van der Waals surface area (Å²) in [5.74, 6) is 0.749. The number of benzene rings is 1. The second-order valence-corrected chi connectivity index (χ2v) is 6.54. The summed E-state index contributed by atoms with van der Waals surface area (Å²) in [5.41, 5.74) is 0.722. The second kappa shape index (κ2) is 8.71. The van der Waals surface area contributed by atoms with E-state index in [1.165, 1.54) is 12.4 Å². The summed E-state index contributed by atoms with van der Waals surface area (Å²) in [6, 6.07) is 7.46. The lowest BCUT2D eigenvalue weighted by molar-refractivity contribution is 0.129. The van der Waals surface area contributed by atoms with Gasteiger partial charge in [0.2, 0.25) is 0 Å². The number of halogens is 1. The molecule has 8 heteroatoms. The van der Waals surface area contributed by atoms with Crippen LogP contribution in [0.4, 0.5) is 10.5 Å². The van der Waals surface area contributed by atoms with Crippen LogP contribution in [0, 0.1) is 0 Å². The first-order valence-electron chi connectivity index (χ1n) is 8.48. The molecule has 1 aliphatic rings. The first-order chi connectivity index (χ1) is 12.6. The third-order valence-corrected chi connectivity index (χ3v) is 4.42. The maximum atomic E-state index is 12.1. The number of rotatable bonds is 5. The molecule has 1 aromatic carbocycles. The van der Waals surface area contributed by atoms with Crippen molar-refractivity contribution in [3.05, 3.63) is 41.7 Å². The van der Waals surface area contributed by atoms with Gasteiger partial charge in [-0.05, 0) is 49.9 Å². The smallest absolute Gasteiger partial charge is 0.319 e. The summed E-state index contributed by atoms with van der Waals surface area (Å²) in [6.07, 6.45) is 6.43. The van der Waals surface area contributed by atoms with E-state index in [-0.39, 0.29) is 18.2 Å². The molecule has 26 heavy (non-hydrogen) atoms. The number of aromatic nitrogens is 2. The largest absolute Gasteiger partial charge is 0.497 e. The maximum absolute atomic E-state index is 12.1. The lowest BCUT2D eigenvalue weighted by Gasteiger charge is -2.28. The number of amides is 2. The molecule has 1 fully saturated rings. The van der Waals surface area contributed by atoms with Crippen LogP contribution in [0.2, 0.25) is 5.02 Å². The number of anilines is 1. The summed E-state index contributed by atoms with van der Waals surface area (Å²) in [7, 11) is 1.61. The van der Waals surface area contributed by atoms with Gasteiger partial charge in [-0.2, -0.15) is 0 Å². The first kappa shape index (κ1) is 18.3. The highest BCUT2D eigenvalue weighted by Gasteiger charge is 2.24. The van der Waals surface area contributed by atoms with Crippen LogP contribution >= 0.6 is 11.6 Å². The van der Waals surface area contributed by atoms with Crippen LogP contribution < -0.4 is 20.1 Å². The molecule has 7 nitrogen and oxygen atoms in total. The van der Waals surface area contributed by atoms with E-state index in [0.717, 1.165) is 37.1 Å². The molecule has 1 aliphatic carbocycles. The monoisotopic (exact) mass is 376 g/mol. The van der Waals surface area contributed by atoms with Crippen LogP contribution in [0.3, 0.4) is 0 Å². The number of ether oxygens (including phenoxy) is 2. The highest BCUT2D eigenvalue weighted by molar-refractivity contribution is 6.30. The van der Waals surface area contributed by atoms with Gasteiger partial charge in [0.25, 0.3) is 0 Å². The fourth-order valence-corrected chi connectivity index (χ4v) is 2.96. The second-order valence-electron chi connectivity index (χ2n) is 6.10. The Morgan fingerprint density at radius 2 is 1.77 bits per heavy atom. The molecule has 0 atom stereocenters. The van der Waals surface area contributed by atoms with Gasteiger partial charge < -0.3 is 20.1 Å². The Balaban J connectivity index is 1.41. The zero-order chi connectivity index (χ0) is 18.4. The zero-order valence-electron chi connectivity index (χ0n) is 14.4. The molecule has 0 bridgehead atoms. The van der Waals surface area contributed by atoms with Crippen LogP contribution in [0.25, 0.3) is 0 Å². The highest BCUT2D eigenvalue weighted by Crippen LogP contribution is 2.23. The van der Waals surface area contributed by atoms with Crippen molar-refractivity contribution in [1.29, 1.82) is 0 Å². The minimum atomic E-state index is -0.208. The van der Waals surface area contributed by atoms with Crippen LogP contribution in [-0.4, -0.2) is 35.3 Å². The van der Waals surface area contributed by atoms with Crippen LogP contribution in [0.5, 0.6) is 11.8 Å². The van der Waals surface area contributed by atoms with E-state index in [2.05, 4.69) is 20.6 Å². The maximum Gasteiger partial charge on any atom is 0.319 e. The molecule has 138 valence electrons. The van der Waals surface area contributed by atoms with E-state index in [0.29, 0.717) is 11.0 Å². The minimum Gasteiger partial charge on any atom is -0.497 e. The molecule has 3 rings (SSSR count). The lowest BCUT2D eigenvalue weighted by Crippen LogP contribution is -2.41. The van der Waals surface area contributed by atoms with Gasteiger partial charge in [0.15, 0.2) is 0 Å². The van der Waals surface area contributed by atoms with Crippen LogP contribution in [0.1, 0.15) is 25.7 Å². The molecular weight excluding hydrogens is 356 g/mol. The van der Waals surface area contributed by atoms with Gasteiger partial charge in [-0.15, -0.1) is 0 Å². The van der Waals surface area contributed by atoms with E-state index < -0.39 is 0 Å². The van der Waals surface area contributed by atoms with Gasteiger partial charge in [0.05, 0.1) is 24.5 Å². The third-order valence-electron chi connectivity index (χ3n) is 4.23. The van der Waals surface area contributed by atoms with E-state index in [9.17, 15) is 4.79 Å². The van der Waals surface area contributed by atoms with Crippen LogP contribution in [0.15, 0.2) is 36.7 Å². The van der Waals surface area contributed by atoms with Crippen molar-refractivity contribution in [2.24, 2.45) is 0 Å². The van der Waals surface area contributed by atoms with Crippen molar-refractivity contribution in [2.45, 2.75) is 37.8 Å². The number of hydrogen-bond donors (Lipinski definition) is 2. The average molecular weight is 377 g/mol. The predicted molar refractivity (Wildman–Crippen MR) is 98.9 cm³/mol. The number of urea groups is 1. The van der Waals surface area contributed by atoms with Crippen molar-refractivity contribution in [3.8, 4) is 11.8 Å². The molecule has 0 spiro atoms. The van der Waals surface area contributed by atoms with E-state index in [1.54, 1.807) is 31.4 Å². The zero-order valence-corrected chi connectivity index (χ0v) is 15.2. The Morgan fingerprint density at radius 3 is 2.38 bits per heavy atom. The van der Waals surface area contributed by atoms with Crippen molar-refractivity contribution in [2.75, 3.05) is 12.4 Å². The Labute approximate surface area is 157 Å². The summed E-state index contributed by atoms with van der Waals surface area (Å²) < 4.78 is 10.9. The SMILES string of the molecule is COc1ccc(NC(=O)NC2CCC(Oc3ncc(Cl)cn3)CC2)cc1. The van der Waals surface area contributed by atoms with Gasteiger partial charge in [-0.25, -0.2) is 14.8 Å². The number of hydrogen-bond acceptors (Lipinski definition) is 5. The molecular formula is C18H21ClN4O3. The van der Waals surface area contributed by atoms with Crippen molar-refractivity contribution in [1.82, 2.24) is 15.3 Å². The van der Waals surface area contributed by atoms with Crippen LogP contribution in [-0.2, 0) is 0 Å². The molecule has 1 aromatic heterocycles. The summed E-state index contributed by atoms with van der Waals surface area (Å²) >= 11 is 5.76. The molecule has 0 radical (unpaired) electrons. The molecule has 1 saturated carbocycles. The summed E-state index contributed by atoms with van der Waals surface area (Å²) in [6.45, 7) is 0. The van der Waals surface area contributed by atoms with Gasteiger partial charge in [0, 0.05) is 11.7 Å². The fraction of sp³-hybridized carbons (Fsp3) is 0.389. The number of nitrogens with one attached hydrogen (secondary N) is 2. The quantitative estimate of drug-likeness (QED) is 0.831. The predicted octanol–water partition coefficient (Wildman–Crippen LogP) is 3.65. The number of carbonyl (C=O) groups is 1. The van der Waals surface area contributed by atoms with Gasteiger partial charge in [-0.1, -0.05) is 11.6 Å². The molecule has 2 N–H and O–H groups in total. The van der Waals surface area contributed by atoms with Crippen molar-refractivity contribution in [3.63, 3.8) is 0 Å². The van der Waals surface area contributed by atoms with E-state index >= 15 is 0 Å². The van der Waals surface area contributed by atoms with Crippen molar-refractivity contribution < 1.29 is 14.3 Å². The lowest BCUT2D eigenvalue weighted by atomic mass is 9.93. The Bertz CT molecular complexity index is 716. The number of methoxy groups -OCH3 is 1. The average Bonchev–Trinajstić information content (AvgIpc) is 2.66. The Hall–Kier alpha value is -2.54. The Morgan fingerprint density at radius 1 is 1.12 bits per heavy atom. The third kappa shape index (κ3) is 5.23. The summed E-state index contributed by atoms with van der Waals surface area (Å²) in [4.78, 5) is 20.2. The van der Waals surface area contributed by atoms with Gasteiger partial charge >= 0.3 is 12.0 Å². The van der Waals surface area contributed by atoms with E-state index in [4.69, 9.17) is 21.1 Å². The van der Waals surface area contributed by atoms with E-state index in [1.807, 2.05) is 0 Å². The number of carbonyl (C=O) groups excluding carboxylic acids is 1. The van der Waals surface area contributed by atoms with Gasteiger partial charge in [-0.3, -0.25) is 0 Å². The number of nitrogens with zero attached hydrogens (tertiary/aromatic N) is 2.